The lowest BCUT2D eigenvalue weighted by Gasteiger charge is -2.39. The lowest BCUT2D eigenvalue weighted by atomic mass is 9.88. The molecule has 1 aliphatic heterocycles. The van der Waals surface area contributed by atoms with E-state index in [1.54, 1.807) is 7.05 Å². The van der Waals surface area contributed by atoms with Gasteiger partial charge in [-0.2, -0.15) is 5.10 Å². The number of aliphatic hydroxyl groups is 1. The molecule has 2 rings (SSSR count). The van der Waals surface area contributed by atoms with Crippen LogP contribution in [0.2, 0.25) is 0 Å². The molecular formula is C15H26N4O2. The van der Waals surface area contributed by atoms with Crippen LogP contribution in [0.15, 0.2) is 0 Å². The number of hydrogen-bond acceptors (Lipinski definition) is 4. The van der Waals surface area contributed by atoms with E-state index in [1.165, 1.54) is 5.56 Å². The fourth-order valence-corrected chi connectivity index (χ4v) is 3.05. The lowest BCUT2D eigenvalue weighted by Crippen LogP contribution is -2.48. The molecule has 1 aromatic heterocycles. The Bertz CT molecular complexity index is 480. The molecule has 6 nitrogen and oxygen atoms in total. The summed E-state index contributed by atoms with van der Waals surface area (Å²) in [6.45, 7) is 6.43. The van der Waals surface area contributed by atoms with Gasteiger partial charge in [-0.05, 0) is 39.7 Å². The standard InChI is InChI=1S/C15H26N4O2/c1-11-13(12(2)18-17-11)9-19-8-4-6-15(21,10-19)7-5-14(20)16-3/h21H,4-10H2,1-3H3,(H,16,20)(H,17,18). The van der Waals surface area contributed by atoms with Crippen LogP contribution in [0.4, 0.5) is 0 Å². The van der Waals surface area contributed by atoms with Crippen molar-refractivity contribution in [1.82, 2.24) is 20.4 Å². The molecule has 1 saturated heterocycles. The fraction of sp³-hybridized carbons (Fsp3) is 0.733. The van der Waals surface area contributed by atoms with Crippen molar-refractivity contribution in [1.29, 1.82) is 0 Å². The van der Waals surface area contributed by atoms with E-state index in [1.807, 2.05) is 13.8 Å². The molecule has 1 aliphatic rings. The molecule has 118 valence electrons. The highest BCUT2D eigenvalue weighted by atomic mass is 16.3. The van der Waals surface area contributed by atoms with E-state index >= 15 is 0 Å². The van der Waals surface area contributed by atoms with Crippen molar-refractivity contribution in [2.45, 2.75) is 51.7 Å². The molecule has 0 saturated carbocycles. The highest BCUT2D eigenvalue weighted by Crippen LogP contribution is 2.27. The average molecular weight is 294 g/mol. The summed E-state index contributed by atoms with van der Waals surface area (Å²) in [6, 6.07) is 0. The van der Waals surface area contributed by atoms with Gasteiger partial charge < -0.3 is 10.4 Å². The van der Waals surface area contributed by atoms with Crippen molar-refractivity contribution >= 4 is 5.91 Å². The van der Waals surface area contributed by atoms with Crippen LogP contribution in [-0.2, 0) is 11.3 Å². The van der Waals surface area contributed by atoms with Crippen LogP contribution in [0.5, 0.6) is 0 Å². The highest BCUT2D eigenvalue weighted by molar-refractivity contribution is 5.75. The number of nitrogens with zero attached hydrogens (tertiary/aromatic N) is 2. The molecule has 1 unspecified atom stereocenters. The Morgan fingerprint density at radius 1 is 1.52 bits per heavy atom. The van der Waals surface area contributed by atoms with Crippen LogP contribution >= 0.6 is 0 Å². The summed E-state index contributed by atoms with van der Waals surface area (Å²) in [6.07, 6.45) is 2.63. The SMILES string of the molecule is CNC(=O)CCC1(O)CCCN(Cc2c(C)n[nH]c2C)C1. The Balaban J connectivity index is 1.95. The molecule has 1 fully saturated rings. The van der Waals surface area contributed by atoms with Gasteiger partial charge in [0.1, 0.15) is 0 Å². The third kappa shape index (κ3) is 4.04. The third-order valence-corrected chi connectivity index (χ3v) is 4.39. The highest BCUT2D eigenvalue weighted by Gasteiger charge is 2.33. The number of aromatic nitrogens is 2. The largest absolute Gasteiger partial charge is 0.389 e. The van der Waals surface area contributed by atoms with Crippen LogP contribution in [0.3, 0.4) is 0 Å². The second kappa shape index (κ2) is 6.58. The van der Waals surface area contributed by atoms with Crippen molar-refractivity contribution in [3.05, 3.63) is 17.0 Å². The number of H-pyrrole nitrogens is 1. The Morgan fingerprint density at radius 3 is 2.90 bits per heavy atom. The lowest BCUT2D eigenvalue weighted by molar-refractivity contribution is -0.122. The maximum Gasteiger partial charge on any atom is 0.219 e. The molecule has 0 spiro atoms. The molecule has 6 heteroatoms. The van der Waals surface area contributed by atoms with Gasteiger partial charge in [-0.15, -0.1) is 0 Å². The number of amides is 1. The van der Waals surface area contributed by atoms with Crippen LogP contribution in [0.25, 0.3) is 0 Å². The predicted molar refractivity (Wildman–Crippen MR) is 80.8 cm³/mol. The van der Waals surface area contributed by atoms with Crippen LogP contribution in [0.1, 0.15) is 42.6 Å². The van der Waals surface area contributed by atoms with Gasteiger partial charge in [0.05, 0.1) is 11.3 Å². The van der Waals surface area contributed by atoms with Crippen molar-refractivity contribution < 1.29 is 9.90 Å². The number of piperidine rings is 1. The van der Waals surface area contributed by atoms with Crippen LogP contribution in [-0.4, -0.2) is 51.8 Å². The minimum atomic E-state index is -0.754. The second-order valence-electron chi connectivity index (χ2n) is 6.12. The van der Waals surface area contributed by atoms with Crippen molar-refractivity contribution in [3.8, 4) is 0 Å². The molecular weight excluding hydrogens is 268 g/mol. The number of hydrogen-bond donors (Lipinski definition) is 3. The minimum Gasteiger partial charge on any atom is -0.389 e. The molecule has 3 N–H and O–H groups in total. The van der Waals surface area contributed by atoms with Crippen molar-refractivity contribution in [2.75, 3.05) is 20.1 Å². The number of rotatable bonds is 5. The molecule has 0 aromatic carbocycles. The number of carbonyl (C=O) groups excluding carboxylic acids is 1. The summed E-state index contributed by atoms with van der Waals surface area (Å²) in [7, 11) is 1.63. The molecule has 1 aromatic rings. The number of β-amino-alcohol motifs (C(OH)–C–C–N with tert-alkyl or cyclic N) is 1. The zero-order valence-electron chi connectivity index (χ0n) is 13.2. The van der Waals surface area contributed by atoms with E-state index in [4.69, 9.17) is 0 Å². The van der Waals surface area contributed by atoms with Gasteiger partial charge in [0.2, 0.25) is 5.91 Å². The molecule has 0 aliphatic carbocycles. The fourth-order valence-electron chi connectivity index (χ4n) is 3.05. The van der Waals surface area contributed by atoms with E-state index in [0.717, 1.165) is 37.3 Å². The van der Waals surface area contributed by atoms with Crippen molar-refractivity contribution in [3.63, 3.8) is 0 Å². The molecule has 1 amide bonds. The van der Waals surface area contributed by atoms with E-state index in [9.17, 15) is 9.90 Å². The van der Waals surface area contributed by atoms with Gasteiger partial charge in [0.15, 0.2) is 0 Å². The summed E-state index contributed by atoms with van der Waals surface area (Å²) in [5.74, 6) is -0.0120. The molecule has 1 atom stereocenters. The summed E-state index contributed by atoms with van der Waals surface area (Å²) >= 11 is 0. The van der Waals surface area contributed by atoms with Gasteiger partial charge in [0.25, 0.3) is 0 Å². The van der Waals surface area contributed by atoms with Gasteiger partial charge in [-0.25, -0.2) is 0 Å². The van der Waals surface area contributed by atoms with Gasteiger partial charge >= 0.3 is 0 Å². The molecule has 0 bridgehead atoms. The topological polar surface area (TPSA) is 81.2 Å². The maximum atomic E-state index is 11.4. The number of nitrogens with one attached hydrogen (secondary N) is 2. The van der Waals surface area contributed by atoms with E-state index < -0.39 is 5.60 Å². The normalized spacial score (nSPS) is 23.2. The Hall–Kier alpha value is -1.40. The Kier molecular flexibility index (Phi) is 5.00. The summed E-state index contributed by atoms with van der Waals surface area (Å²) < 4.78 is 0. The first kappa shape index (κ1) is 16.0. The monoisotopic (exact) mass is 294 g/mol. The van der Waals surface area contributed by atoms with Crippen LogP contribution in [0, 0.1) is 13.8 Å². The first-order valence-electron chi connectivity index (χ1n) is 7.59. The zero-order chi connectivity index (χ0) is 15.5. The third-order valence-electron chi connectivity index (χ3n) is 4.39. The zero-order valence-corrected chi connectivity index (χ0v) is 13.2. The first-order chi connectivity index (χ1) is 9.93. The Morgan fingerprint density at radius 2 is 2.29 bits per heavy atom. The van der Waals surface area contributed by atoms with Crippen LogP contribution < -0.4 is 5.32 Å². The average Bonchev–Trinajstić information content (AvgIpc) is 2.77. The van der Waals surface area contributed by atoms with Gasteiger partial charge in [0, 0.05) is 37.8 Å². The molecule has 21 heavy (non-hydrogen) atoms. The summed E-state index contributed by atoms with van der Waals surface area (Å²) in [5, 5.41) is 20.5. The number of likely N-dealkylation sites (tertiary alicyclic amines) is 1. The number of aromatic amines is 1. The number of carbonyl (C=O) groups is 1. The number of aryl methyl sites for hydroxylation is 2. The predicted octanol–water partition coefficient (Wildman–Crippen LogP) is 0.880. The summed E-state index contributed by atoms with van der Waals surface area (Å²) in [4.78, 5) is 13.6. The van der Waals surface area contributed by atoms with E-state index in [2.05, 4.69) is 20.4 Å². The second-order valence-corrected chi connectivity index (χ2v) is 6.12. The minimum absolute atomic E-state index is 0.0120. The maximum absolute atomic E-state index is 11.4. The van der Waals surface area contributed by atoms with Crippen molar-refractivity contribution in [2.24, 2.45) is 0 Å². The Labute approximate surface area is 125 Å². The quantitative estimate of drug-likeness (QED) is 0.753. The molecule has 0 radical (unpaired) electrons. The van der Waals surface area contributed by atoms with E-state index in [-0.39, 0.29) is 5.91 Å². The van der Waals surface area contributed by atoms with Gasteiger partial charge in [-0.1, -0.05) is 0 Å². The van der Waals surface area contributed by atoms with E-state index in [0.29, 0.717) is 19.4 Å². The summed E-state index contributed by atoms with van der Waals surface area (Å²) in [5.41, 5.74) is 2.57. The first-order valence-corrected chi connectivity index (χ1v) is 7.59. The smallest absolute Gasteiger partial charge is 0.219 e. The van der Waals surface area contributed by atoms with Gasteiger partial charge in [-0.3, -0.25) is 14.8 Å². The molecule has 2 heterocycles.